The summed E-state index contributed by atoms with van der Waals surface area (Å²) in [5.41, 5.74) is 1.06. The lowest BCUT2D eigenvalue weighted by molar-refractivity contribution is -0.0169. The van der Waals surface area contributed by atoms with Gasteiger partial charge in [-0.25, -0.2) is 0 Å². The van der Waals surface area contributed by atoms with Crippen LogP contribution in [0.5, 0.6) is 0 Å². The molecule has 3 nitrogen and oxygen atoms in total. The number of aliphatic hydroxyl groups is 1. The summed E-state index contributed by atoms with van der Waals surface area (Å²) in [7, 11) is -0.411. The monoisotopic (exact) mass is 350 g/mol. The molecular formula is C19H28BClO3. The molecule has 1 aromatic carbocycles. The number of aliphatic hydroxyl groups excluding tert-OH is 1. The fourth-order valence-corrected chi connectivity index (χ4v) is 3.70. The second-order valence-corrected chi connectivity index (χ2v) is 8.38. The summed E-state index contributed by atoms with van der Waals surface area (Å²) in [6.07, 6.45) is 4.93. The van der Waals surface area contributed by atoms with Gasteiger partial charge in [-0.1, -0.05) is 43.5 Å². The van der Waals surface area contributed by atoms with Crippen LogP contribution in [0.3, 0.4) is 0 Å². The summed E-state index contributed by atoms with van der Waals surface area (Å²) in [5, 5.41) is 10.9. The first kappa shape index (κ1) is 18.3. The summed E-state index contributed by atoms with van der Waals surface area (Å²) in [5.74, 6) is 0.364. The third kappa shape index (κ3) is 3.39. The van der Waals surface area contributed by atoms with Crippen LogP contribution >= 0.6 is 11.6 Å². The van der Waals surface area contributed by atoms with Gasteiger partial charge in [-0.2, -0.15) is 0 Å². The van der Waals surface area contributed by atoms with Crippen molar-refractivity contribution in [3.8, 4) is 0 Å². The molecule has 2 unspecified atom stereocenters. The fraction of sp³-hybridized carbons (Fsp3) is 0.684. The van der Waals surface area contributed by atoms with Gasteiger partial charge in [0.05, 0.1) is 17.3 Å². The molecule has 1 aliphatic carbocycles. The quantitative estimate of drug-likeness (QED) is 0.779. The maximum atomic E-state index is 10.3. The minimum Gasteiger partial charge on any atom is -0.399 e. The minimum atomic E-state index is -0.455. The van der Waals surface area contributed by atoms with Crippen LogP contribution in [0.2, 0.25) is 5.02 Å². The zero-order chi connectivity index (χ0) is 17.5. The molecule has 1 aliphatic heterocycles. The van der Waals surface area contributed by atoms with E-state index in [1.165, 1.54) is 0 Å². The number of hydrogen-bond acceptors (Lipinski definition) is 3. The Hall–Kier alpha value is -0.545. The summed E-state index contributed by atoms with van der Waals surface area (Å²) < 4.78 is 12.5. The lowest BCUT2D eigenvalue weighted by Gasteiger charge is -2.36. The lowest BCUT2D eigenvalue weighted by atomic mass is 9.78. The predicted molar refractivity (Wildman–Crippen MR) is 98.7 cm³/mol. The molecule has 24 heavy (non-hydrogen) atoms. The van der Waals surface area contributed by atoms with E-state index >= 15 is 0 Å². The number of halogens is 1. The Morgan fingerprint density at radius 3 is 2.58 bits per heavy atom. The molecule has 1 saturated carbocycles. The maximum Gasteiger partial charge on any atom is 0.494 e. The van der Waals surface area contributed by atoms with E-state index in [0.717, 1.165) is 43.1 Å². The van der Waals surface area contributed by atoms with E-state index in [1.54, 1.807) is 0 Å². The smallest absolute Gasteiger partial charge is 0.399 e. The molecule has 1 N–H and O–H groups in total. The summed E-state index contributed by atoms with van der Waals surface area (Å²) >= 11 is 6.43. The number of benzene rings is 1. The summed E-state index contributed by atoms with van der Waals surface area (Å²) in [6.45, 7) is 8.51. The Kier molecular flexibility index (Phi) is 5.05. The first-order valence-corrected chi connectivity index (χ1v) is 9.48. The molecule has 0 radical (unpaired) electrons. The topological polar surface area (TPSA) is 38.7 Å². The van der Waals surface area contributed by atoms with Gasteiger partial charge in [-0.3, -0.25) is 0 Å². The molecule has 1 heterocycles. The molecule has 2 atom stereocenters. The van der Waals surface area contributed by atoms with Gasteiger partial charge in [-0.15, -0.1) is 0 Å². The molecule has 2 aliphatic rings. The molecular weight excluding hydrogens is 322 g/mol. The highest BCUT2D eigenvalue weighted by molar-refractivity contribution is 6.62. The predicted octanol–water partition coefficient (Wildman–Crippen LogP) is 4.25. The van der Waals surface area contributed by atoms with E-state index in [-0.39, 0.29) is 11.2 Å². The van der Waals surface area contributed by atoms with Gasteiger partial charge >= 0.3 is 7.12 Å². The lowest BCUT2D eigenvalue weighted by Crippen LogP contribution is -2.44. The van der Waals surface area contributed by atoms with Gasteiger partial charge in [0.25, 0.3) is 0 Å². The molecule has 1 aromatic rings. The normalized spacial score (nSPS) is 27.5. The van der Waals surface area contributed by atoms with Crippen LogP contribution in [0.1, 0.15) is 71.5 Å². The van der Waals surface area contributed by atoms with E-state index in [4.69, 9.17) is 20.9 Å². The van der Waals surface area contributed by atoms with Crippen LogP contribution in [0.4, 0.5) is 0 Å². The van der Waals surface area contributed by atoms with Crippen molar-refractivity contribution in [1.82, 2.24) is 0 Å². The van der Waals surface area contributed by atoms with Gasteiger partial charge in [0.1, 0.15) is 0 Å². The van der Waals surface area contributed by atoms with Gasteiger partial charge in [0, 0.05) is 5.02 Å². The van der Waals surface area contributed by atoms with Crippen molar-refractivity contribution < 1.29 is 14.4 Å². The third-order valence-electron chi connectivity index (χ3n) is 5.73. The van der Waals surface area contributed by atoms with Crippen LogP contribution in [-0.2, 0) is 9.31 Å². The van der Waals surface area contributed by atoms with E-state index in [1.807, 2.05) is 18.2 Å². The largest absolute Gasteiger partial charge is 0.494 e. The second-order valence-electron chi connectivity index (χ2n) is 7.98. The Labute approximate surface area is 150 Å². The van der Waals surface area contributed by atoms with Crippen LogP contribution in [0, 0.1) is 5.92 Å². The Balaban J connectivity index is 1.78. The van der Waals surface area contributed by atoms with Crippen molar-refractivity contribution in [2.75, 3.05) is 0 Å². The molecule has 0 aromatic heterocycles. The molecule has 5 heteroatoms. The average molecular weight is 351 g/mol. The standard InChI is InChI=1S/C19H28BClO3/c1-5-6-11-19(4)18(2,3)23-20(24-19)14-9-10-15(16(21)12-14)17(22)13-7-8-13/h9-10,12-13,17,22H,5-8,11H2,1-4H3. The van der Waals surface area contributed by atoms with Crippen molar-refractivity contribution in [2.45, 2.75) is 77.1 Å². The van der Waals surface area contributed by atoms with Gasteiger partial charge in [0.15, 0.2) is 0 Å². The minimum absolute atomic E-state index is 0.313. The van der Waals surface area contributed by atoms with E-state index in [0.29, 0.717) is 10.9 Å². The Morgan fingerprint density at radius 1 is 1.29 bits per heavy atom. The fourth-order valence-electron chi connectivity index (χ4n) is 3.40. The average Bonchev–Trinajstić information content (AvgIpc) is 3.32. The van der Waals surface area contributed by atoms with Gasteiger partial charge in [0.2, 0.25) is 0 Å². The number of rotatable bonds is 6. The van der Waals surface area contributed by atoms with Gasteiger partial charge < -0.3 is 14.4 Å². The van der Waals surface area contributed by atoms with E-state index in [9.17, 15) is 5.11 Å². The zero-order valence-corrected chi connectivity index (χ0v) is 15.9. The number of unbranched alkanes of at least 4 members (excludes halogenated alkanes) is 1. The molecule has 0 spiro atoms. The zero-order valence-electron chi connectivity index (χ0n) is 15.1. The van der Waals surface area contributed by atoms with Crippen molar-refractivity contribution in [1.29, 1.82) is 0 Å². The SMILES string of the molecule is CCCCC1(C)OB(c2ccc(C(O)C3CC3)c(Cl)c2)OC1(C)C. The molecule has 132 valence electrons. The molecule has 0 amide bonds. The van der Waals surface area contributed by atoms with Crippen LogP contribution in [0.15, 0.2) is 18.2 Å². The maximum absolute atomic E-state index is 10.3. The van der Waals surface area contributed by atoms with Gasteiger partial charge in [-0.05, 0) is 63.0 Å². The number of hydrogen-bond donors (Lipinski definition) is 1. The first-order chi connectivity index (χ1) is 11.3. The van der Waals surface area contributed by atoms with E-state index in [2.05, 4.69) is 27.7 Å². The highest BCUT2D eigenvalue weighted by Crippen LogP contribution is 2.43. The Bertz CT molecular complexity index is 602. The van der Waals surface area contributed by atoms with Crippen LogP contribution in [0.25, 0.3) is 0 Å². The first-order valence-electron chi connectivity index (χ1n) is 9.10. The molecule has 0 bridgehead atoms. The van der Waals surface area contributed by atoms with E-state index < -0.39 is 13.2 Å². The highest BCUT2D eigenvalue weighted by atomic mass is 35.5. The van der Waals surface area contributed by atoms with Crippen LogP contribution < -0.4 is 5.46 Å². The summed E-state index contributed by atoms with van der Waals surface area (Å²) in [4.78, 5) is 0. The van der Waals surface area contributed by atoms with Crippen molar-refractivity contribution in [2.24, 2.45) is 5.92 Å². The summed E-state index contributed by atoms with van der Waals surface area (Å²) in [6, 6.07) is 5.77. The Morgan fingerprint density at radius 2 is 2.00 bits per heavy atom. The third-order valence-corrected chi connectivity index (χ3v) is 6.06. The second kappa shape index (κ2) is 6.64. The molecule has 3 rings (SSSR count). The molecule has 2 fully saturated rings. The van der Waals surface area contributed by atoms with Crippen molar-refractivity contribution in [3.05, 3.63) is 28.8 Å². The van der Waals surface area contributed by atoms with Crippen LogP contribution in [-0.4, -0.2) is 23.4 Å². The highest BCUT2D eigenvalue weighted by Gasteiger charge is 2.54. The van der Waals surface area contributed by atoms with Crippen molar-refractivity contribution in [3.63, 3.8) is 0 Å². The van der Waals surface area contributed by atoms with Crippen molar-refractivity contribution >= 4 is 24.2 Å². The molecule has 1 saturated heterocycles.